The quantitative estimate of drug-likeness (QED) is 0.618. The predicted molar refractivity (Wildman–Crippen MR) is 105 cm³/mol. The maximum Gasteiger partial charge on any atom is 0.339 e. The number of benzene rings is 1. The first-order valence-electron chi connectivity index (χ1n) is 8.93. The van der Waals surface area contributed by atoms with E-state index < -0.39 is 5.97 Å². The molecule has 1 saturated carbocycles. The van der Waals surface area contributed by atoms with Gasteiger partial charge in [-0.2, -0.15) is 0 Å². The van der Waals surface area contributed by atoms with Crippen molar-refractivity contribution in [1.82, 2.24) is 9.55 Å². The van der Waals surface area contributed by atoms with E-state index >= 15 is 0 Å². The standard InChI is InChI=1S/C21H21N3O3/c1-24-7-6-15-10-17(9-14(19(15)24)3-2-8-25)23-20-18(21(26)27)11-16(12-22-20)13-4-5-13/h2-3,6-7,9-13,25H,4-5,8H2,1H3,(H,22,23)(H,26,27). The number of pyridine rings is 1. The normalized spacial score (nSPS) is 14.1. The van der Waals surface area contributed by atoms with E-state index in [1.807, 2.05) is 42.1 Å². The molecule has 0 saturated heterocycles. The van der Waals surface area contributed by atoms with E-state index in [1.165, 1.54) is 0 Å². The van der Waals surface area contributed by atoms with E-state index in [0.29, 0.717) is 11.7 Å². The zero-order valence-electron chi connectivity index (χ0n) is 15.0. The number of aryl methyl sites for hydroxylation is 1. The van der Waals surface area contributed by atoms with Gasteiger partial charge in [0.15, 0.2) is 0 Å². The number of carboxylic acids is 1. The molecule has 0 radical (unpaired) electrons. The van der Waals surface area contributed by atoms with E-state index in [-0.39, 0.29) is 12.2 Å². The highest BCUT2D eigenvalue weighted by Gasteiger charge is 2.26. The molecule has 4 rings (SSSR count). The van der Waals surface area contributed by atoms with Crippen LogP contribution in [0, 0.1) is 0 Å². The Morgan fingerprint density at radius 2 is 2.19 bits per heavy atom. The lowest BCUT2D eigenvalue weighted by Crippen LogP contribution is -2.06. The molecule has 0 unspecified atom stereocenters. The van der Waals surface area contributed by atoms with Gasteiger partial charge in [0.1, 0.15) is 11.4 Å². The van der Waals surface area contributed by atoms with Gasteiger partial charge in [-0.05, 0) is 48.6 Å². The number of aliphatic hydroxyl groups excluding tert-OH is 1. The third-order valence-corrected chi connectivity index (χ3v) is 4.85. The highest BCUT2D eigenvalue weighted by molar-refractivity contribution is 5.96. The van der Waals surface area contributed by atoms with Crippen molar-refractivity contribution in [3.63, 3.8) is 0 Å². The van der Waals surface area contributed by atoms with Crippen LogP contribution < -0.4 is 5.32 Å². The third-order valence-electron chi connectivity index (χ3n) is 4.85. The fourth-order valence-corrected chi connectivity index (χ4v) is 3.38. The van der Waals surface area contributed by atoms with Crippen molar-refractivity contribution in [2.24, 2.45) is 7.05 Å². The van der Waals surface area contributed by atoms with Crippen LogP contribution in [-0.2, 0) is 7.05 Å². The number of nitrogens with one attached hydrogen (secondary N) is 1. The monoisotopic (exact) mass is 363 g/mol. The Hall–Kier alpha value is -3.12. The van der Waals surface area contributed by atoms with Crippen LogP contribution in [0.4, 0.5) is 11.5 Å². The molecular formula is C21H21N3O3. The van der Waals surface area contributed by atoms with Gasteiger partial charge in [0.25, 0.3) is 0 Å². The molecule has 0 atom stereocenters. The van der Waals surface area contributed by atoms with Crippen LogP contribution in [-0.4, -0.2) is 32.3 Å². The summed E-state index contributed by atoms with van der Waals surface area (Å²) in [5.41, 5.74) is 3.90. The molecule has 1 fully saturated rings. The van der Waals surface area contributed by atoms with Gasteiger partial charge < -0.3 is 20.1 Å². The van der Waals surface area contributed by atoms with Crippen LogP contribution in [0.1, 0.15) is 40.2 Å². The summed E-state index contributed by atoms with van der Waals surface area (Å²) in [6.07, 6.45) is 9.46. The average molecular weight is 363 g/mol. The number of rotatable bonds is 6. The number of carboxylic acid groups (broad SMARTS) is 1. The molecule has 3 aromatic rings. The Morgan fingerprint density at radius 1 is 1.37 bits per heavy atom. The summed E-state index contributed by atoms with van der Waals surface area (Å²) in [5, 5.41) is 22.9. The van der Waals surface area contributed by atoms with Crippen molar-refractivity contribution in [2.75, 3.05) is 11.9 Å². The smallest absolute Gasteiger partial charge is 0.339 e. The first-order chi connectivity index (χ1) is 13.1. The SMILES string of the molecule is Cn1ccc2cc(Nc3ncc(C4CC4)cc3C(=O)O)cc(C=CCO)c21. The molecule has 27 heavy (non-hydrogen) atoms. The molecule has 0 spiro atoms. The van der Waals surface area contributed by atoms with Crippen LogP contribution in [0.3, 0.4) is 0 Å². The Labute approximate surface area is 156 Å². The number of aromatic nitrogens is 2. The summed E-state index contributed by atoms with van der Waals surface area (Å²) in [5.74, 6) is -0.214. The van der Waals surface area contributed by atoms with E-state index in [1.54, 1.807) is 18.3 Å². The predicted octanol–water partition coefficient (Wildman–Crippen LogP) is 3.90. The molecular weight excluding hydrogens is 342 g/mol. The maximum atomic E-state index is 11.7. The Bertz CT molecular complexity index is 1050. The van der Waals surface area contributed by atoms with E-state index in [2.05, 4.69) is 10.3 Å². The highest BCUT2D eigenvalue weighted by Crippen LogP contribution is 2.40. The lowest BCUT2D eigenvalue weighted by atomic mass is 10.1. The fraction of sp³-hybridized carbons (Fsp3) is 0.238. The summed E-state index contributed by atoms with van der Waals surface area (Å²) in [4.78, 5) is 16.1. The topological polar surface area (TPSA) is 87.4 Å². The first-order valence-corrected chi connectivity index (χ1v) is 8.93. The zero-order valence-corrected chi connectivity index (χ0v) is 15.0. The molecule has 1 aliphatic rings. The van der Waals surface area contributed by atoms with Gasteiger partial charge in [0.2, 0.25) is 0 Å². The van der Waals surface area contributed by atoms with E-state index in [0.717, 1.165) is 40.6 Å². The summed E-state index contributed by atoms with van der Waals surface area (Å²) >= 11 is 0. The lowest BCUT2D eigenvalue weighted by molar-refractivity contribution is 0.0697. The van der Waals surface area contributed by atoms with Crippen molar-refractivity contribution >= 4 is 34.5 Å². The van der Waals surface area contributed by atoms with Crippen molar-refractivity contribution in [3.05, 3.63) is 59.4 Å². The number of aromatic carboxylic acids is 1. The largest absolute Gasteiger partial charge is 0.478 e. The van der Waals surface area contributed by atoms with Gasteiger partial charge >= 0.3 is 5.97 Å². The number of hydrogen-bond acceptors (Lipinski definition) is 4. The molecule has 1 aromatic carbocycles. The van der Waals surface area contributed by atoms with E-state index in [9.17, 15) is 9.90 Å². The van der Waals surface area contributed by atoms with Gasteiger partial charge in [-0.25, -0.2) is 9.78 Å². The van der Waals surface area contributed by atoms with Gasteiger partial charge in [-0.3, -0.25) is 0 Å². The third kappa shape index (κ3) is 3.44. The van der Waals surface area contributed by atoms with E-state index in [4.69, 9.17) is 5.11 Å². The van der Waals surface area contributed by atoms with Crippen molar-refractivity contribution in [2.45, 2.75) is 18.8 Å². The Morgan fingerprint density at radius 3 is 2.89 bits per heavy atom. The molecule has 6 heteroatoms. The number of anilines is 2. The van der Waals surface area contributed by atoms with Crippen LogP contribution in [0.5, 0.6) is 0 Å². The molecule has 1 aliphatic carbocycles. The molecule has 3 N–H and O–H groups in total. The number of carbonyl (C=O) groups is 1. The van der Waals surface area contributed by atoms with Crippen LogP contribution in [0.25, 0.3) is 17.0 Å². The van der Waals surface area contributed by atoms with Crippen LogP contribution in [0.15, 0.2) is 42.7 Å². The van der Waals surface area contributed by atoms with Crippen molar-refractivity contribution in [3.8, 4) is 0 Å². The van der Waals surface area contributed by atoms with Crippen molar-refractivity contribution < 1.29 is 15.0 Å². The second kappa shape index (κ2) is 6.89. The average Bonchev–Trinajstić information content (AvgIpc) is 3.43. The van der Waals surface area contributed by atoms with Crippen LogP contribution >= 0.6 is 0 Å². The number of aliphatic hydroxyl groups is 1. The summed E-state index contributed by atoms with van der Waals surface area (Å²) < 4.78 is 2.02. The molecule has 0 amide bonds. The molecule has 138 valence electrons. The fourth-order valence-electron chi connectivity index (χ4n) is 3.38. The summed E-state index contributed by atoms with van der Waals surface area (Å²) in [6.45, 7) is -0.0447. The van der Waals surface area contributed by atoms with Gasteiger partial charge in [0.05, 0.1) is 12.1 Å². The Kier molecular flexibility index (Phi) is 4.41. The zero-order chi connectivity index (χ0) is 19.0. The minimum absolute atomic E-state index is 0.0447. The number of hydrogen-bond donors (Lipinski definition) is 3. The second-order valence-electron chi connectivity index (χ2n) is 6.88. The van der Waals surface area contributed by atoms with Crippen molar-refractivity contribution in [1.29, 1.82) is 0 Å². The van der Waals surface area contributed by atoms with Crippen LogP contribution in [0.2, 0.25) is 0 Å². The second-order valence-corrected chi connectivity index (χ2v) is 6.88. The van der Waals surface area contributed by atoms with Gasteiger partial charge in [-0.15, -0.1) is 0 Å². The lowest BCUT2D eigenvalue weighted by Gasteiger charge is -2.12. The number of fused-ring (bicyclic) bond motifs is 1. The first kappa shape index (κ1) is 17.3. The number of nitrogens with zero attached hydrogens (tertiary/aromatic N) is 2. The molecule has 0 aliphatic heterocycles. The molecule has 2 aromatic heterocycles. The molecule has 0 bridgehead atoms. The summed E-state index contributed by atoms with van der Waals surface area (Å²) in [6, 6.07) is 7.62. The summed E-state index contributed by atoms with van der Waals surface area (Å²) in [7, 11) is 1.96. The maximum absolute atomic E-state index is 11.7. The minimum Gasteiger partial charge on any atom is -0.478 e. The Balaban J connectivity index is 1.75. The van der Waals surface area contributed by atoms with Gasteiger partial charge in [0, 0.05) is 36.1 Å². The van der Waals surface area contributed by atoms with Gasteiger partial charge in [-0.1, -0.05) is 12.2 Å². The molecule has 6 nitrogen and oxygen atoms in total. The molecule has 2 heterocycles. The minimum atomic E-state index is -0.992. The highest BCUT2D eigenvalue weighted by atomic mass is 16.4.